The minimum atomic E-state index is 0.925. The van der Waals surface area contributed by atoms with Crippen molar-refractivity contribution < 1.29 is 4.42 Å². The van der Waals surface area contributed by atoms with E-state index in [-0.39, 0.29) is 0 Å². The van der Waals surface area contributed by atoms with Crippen LogP contribution in [0.5, 0.6) is 0 Å². The fourth-order valence-electron chi connectivity index (χ4n) is 4.00. The van der Waals surface area contributed by atoms with E-state index < -0.39 is 0 Å². The molecule has 0 aliphatic rings. The van der Waals surface area contributed by atoms with Crippen molar-refractivity contribution in [3.8, 4) is 11.1 Å². The lowest BCUT2D eigenvalue weighted by Gasteiger charge is -2.01. The number of benzene rings is 4. The van der Waals surface area contributed by atoms with E-state index in [1.54, 1.807) is 0 Å². The maximum atomic E-state index is 6.03. The van der Waals surface area contributed by atoms with Crippen molar-refractivity contribution in [3.05, 3.63) is 84.9 Å². The molecule has 0 unspecified atom stereocenters. The summed E-state index contributed by atoms with van der Waals surface area (Å²) in [6.45, 7) is 0. The molecule has 0 aliphatic heterocycles. The SMILES string of the molecule is c1ccc(-c2ccc3c(c2)[nH]c2c3ccc3oc4ccccc4c32)cc1. The van der Waals surface area contributed by atoms with Crippen molar-refractivity contribution in [1.29, 1.82) is 0 Å². The van der Waals surface area contributed by atoms with Gasteiger partial charge in [0.2, 0.25) is 0 Å². The third-order valence-corrected chi connectivity index (χ3v) is 5.22. The van der Waals surface area contributed by atoms with Gasteiger partial charge in [-0.15, -0.1) is 0 Å². The molecule has 4 aromatic carbocycles. The molecule has 2 heterocycles. The molecule has 0 fully saturated rings. The average molecular weight is 333 g/mol. The Kier molecular flexibility index (Phi) is 2.64. The first-order valence-electron chi connectivity index (χ1n) is 8.79. The van der Waals surface area contributed by atoms with Crippen LogP contribution in [0.3, 0.4) is 0 Å². The predicted octanol–water partition coefficient (Wildman–Crippen LogP) is 6.89. The van der Waals surface area contributed by atoms with Crippen LogP contribution < -0.4 is 0 Å². The summed E-state index contributed by atoms with van der Waals surface area (Å²) in [5, 5.41) is 4.80. The van der Waals surface area contributed by atoms with Gasteiger partial charge in [0.25, 0.3) is 0 Å². The Bertz CT molecular complexity index is 1420. The number of nitrogens with one attached hydrogen (secondary N) is 1. The van der Waals surface area contributed by atoms with Gasteiger partial charge in [-0.3, -0.25) is 0 Å². The third-order valence-electron chi connectivity index (χ3n) is 5.22. The lowest BCUT2D eigenvalue weighted by molar-refractivity contribution is 0.669. The minimum Gasteiger partial charge on any atom is -0.456 e. The maximum absolute atomic E-state index is 6.03. The number of hydrogen-bond acceptors (Lipinski definition) is 1. The number of aromatic amines is 1. The fraction of sp³-hybridized carbons (Fsp3) is 0. The van der Waals surface area contributed by atoms with Crippen LogP contribution in [0.4, 0.5) is 0 Å². The summed E-state index contributed by atoms with van der Waals surface area (Å²) >= 11 is 0. The molecule has 0 spiro atoms. The number of aromatic nitrogens is 1. The van der Waals surface area contributed by atoms with Gasteiger partial charge in [0.15, 0.2) is 0 Å². The lowest BCUT2D eigenvalue weighted by Crippen LogP contribution is -1.77. The first kappa shape index (κ1) is 13.7. The fourth-order valence-corrected chi connectivity index (χ4v) is 4.00. The van der Waals surface area contributed by atoms with E-state index in [4.69, 9.17) is 4.42 Å². The summed E-state index contributed by atoms with van der Waals surface area (Å²) in [5.41, 5.74) is 6.60. The zero-order valence-electron chi connectivity index (χ0n) is 14.0. The van der Waals surface area contributed by atoms with Gasteiger partial charge in [-0.05, 0) is 35.4 Å². The Labute approximate surface area is 149 Å². The van der Waals surface area contributed by atoms with Crippen LogP contribution in [0.1, 0.15) is 0 Å². The molecule has 2 nitrogen and oxygen atoms in total. The molecule has 0 amide bonds. The zero-order valence-corrected chi connectivity index (χ0v) is 14.0. The second-order valence-electron chi connectivity index (χ2n) is 6.71. The Morgan fingerprint density at radius 1 is 0.577 bits per heavy atom. The first-order chi connectivity index (χ1) is 12.9. The van der Waals surface area contributed by atoms with Crippen LogP contribution in [-0.2, 0) is 0 Å². The van der Waals surface area contributed by atoms with E-state index >= 15 is 0 Å². The van der Waals surface area contributed by atoms with Gasteiger partial charge in [-0.2, -0.15) is 0 Å². The molecule has 0 saturated carbocycles. The van der Waals surface area contributed by atoms with Gasteiger partial charge in [0, 0.05) is 21.7 Å². The summed E-state index contributed by atoms with van der Waals surface area (Å²) < 4.78 is 6.03. The molecule has 6 rings (SSSR count). The predicted molar refractivity (Wildman–Crippen MR) is 109 cm³/mol. The van der Waals surface area contributed by atoms with Crippen molar-refractivity contribution in [2.24, 2.45) is 0 Å². The number of hydrogen-bond donors (Lipinski definition) is 1. The normalized spacial score (nSPS) is 11.8. The highest BCUT2D eigenvalue weighted by molar-refractivity contribution is 6.23. The molecule has 2 heteroatoms. The number of para-hydroxylation sites is 1. The smallest absolute Gasteiger partial charge is 0.137 e. The molecule has 122 valence electrons. The third kappa shape index (κ3) is 1.81. The van der Waals surface area contributed by atoms with E-state index in [9.17, 15) is 0 Å². The molecule has 1 N–H and O–H groups in total. The Hall–Kier alpha value is -3.52. The Morgan fingerprint density at radius 2 is 1.38 bits per heavy atom. The molecule has 0 radical (unpaired) electrons. The van der Waals surface area contributed by atoms with Crippen LogP contribution in [0, 0.1) is 0 Å². The van der Waals surface area contributed by atoms with Gasteiger partial charge in [0.05, 0.1) is 10.9 Å². The number of H-pyrrole nitrogens is 1. The van der Waals surface area contributed by atoms with Crippen LogP contribution in [0.2, 0.25) is 0 Å². The molecule has 2 aromatic heterocycles. The zero-order chi connectivity index (χ0) is 17.1. The molecule has 0 atom stereocenters. The standard InChI is InChI=1S/C24H15NO/c1-2-6-15(7-3-1)16-10-11-17-18-12-13-22-23(24(18)25-20(17)14-16)19-8-4-5-9-21(19)26-22/h1-14,25H. The summed E-state index contributed by atoms with van der Waals surface area (Å²) in [5.74, 6) is 0. The van der Waals surface area contributed by atoms with Crippen molar-refractivity contribution in [2.45, 2.75) is 0 Å². The summed E-state index contributed by atoms with van der Waals surface area (Å²) in [7, 11) is 0. The van der Waals surface area contributed by atoms with Gasteiger partial charge in [-0.1, -0.05) is 60.7 Å². The first-order valence-corrected chi connectivity index (χ1v) is 8.79. The molecule has 26 heavy (non-hydrogen) atoms. The Balaban J connectivity index is 1.72. The monoisotopic (exact) mass is 333 g/mol. The summed E-state index contributed by atoms with van der Waals surface area (Å²) in [6, 6.07) is 29.6. The van der Waals surface area contributed by atoms with Crippen molar-refractivity contribution in [2.75, 3.05) is 0 Å². The van der Waals surface area contributed by atoms with E-state index in [0.717, 1.165) is 33.0 Å². The second kappa shape index (κ2) is 4.99. The van der Waals surface area contributed by atoms with Crippen molar-refractivity contribution in [1.82, 2.24) is 4.98 Å². The van der Waals surface area contributed by atoms with Gasteiger partial charge < -0.3 is 9.40 Å². The minimum absolute atomic E-state index is 0.925. The topological polar surface area (TPSA) is 28.9 Å². The van der Waals surface area contributed by atoms with Crippen molar-refractivity contribution in [3.63, 3.8) is 0 Å². The molecular weight excluding hydrogens is 318 g/mol. The van der Waals surface area contributed by atoms with Crippen LogP contribution in [0.15, 0.2) is 89.3 Å². The molecule has 0 aliphatic carbocycles. The number of furan rings is 1. The average Bonchev–Trinajstić information content (AvgIpc) is 3.25. The van der Waals surface area contributed by atoms with E-state index in [2.05, 4.69) is 71.7 Å². The second-order valence-corrected chi connectivity index (χ2v) is 6.71. The van der Waals surface area contributed by atoms with Gasteiger partial charge >= 0.3 is 0 Å². The quantitative estimate of drug-likeness (QED) is 0.349. The highest BCUT2D eigenvalue weighted by Crippen LogP contribution is 2.37. The van der Waals surface area contributed by atoms with Crippen LogP contribution >= 0.6 is 0 Å². The van der Waals surface area contributed by atoms with E-state index in [0.29, 0.717) is 0 Å². The van der Waals surface area contributed by atoms with Crippen LogP contribution in [-0.4, -0.2) is 4.98 Å². The Morgan fingerprint density at radius 3 is 2.31 bits per heavy atom. The molecular formula is C24H15NO. The van der Waals surface area contributed by atoms with Gasteiger partial charge in [0.1, 0.15) is 11.2 Å². The largest absolute Gasteiger partial charge is 0.456 e. The van der Waals surface area contributed by atoms with Crippen molar-refractivity contribution >= 4 is 43.7 Å². The molecule has 6 aromatic rings. The summed E-state index contributed by atoms with van der Waals surface area (Å²) in [4.78, 5) is 3.65. The van der Waals surface area contributed by atoms with Gasteiger partial charge in [-0.25, -0.2) is 0 Å². The highest BCUT2D eigenvalue weighted by Gasteiger charge is 2.14. The van der Waals surface area contributed by atoms with Crippen LogP contribution in [0.25, 0.3) is 54.9 Å². The highest BCUT2D eigenvalue weighted by atomic mass is 16.3. The molecule has 0 bridgehead atoms. The van der Waals surface area contributed by atoms with E-state index in [1.165, 1.54) is 21.9 Å². The number of fused-ring (bicyclic) bond motifs is 7. The lowest BCUT2D eigenvalue weighted by atomic mass is 10.0. The molecule has 0 saturated heterocycles. The summed E-state index contributed by atoms with van der Waals surface area (Å²) in [6.07, 6.45) is 0. The van der Waals surface area contributed by atoms with E-state index in [1.807, 2.05) is 18.2 Å². The maximum Gasteiger partial charge on any atom is 0.137 e. The number of rotatable bonds is 1.